The number of esters is 2. The molecule has 1 rings (SSSR count). The first-order valence-corrected chi connectivity index (χ1v) is 7.46. The Hall–Kier alpha value is -1.89. The maximum atomic E-state index is 12.0. The normalized spacial score (nSPS) is 10.1. The highest BCUT2D eigenvalue weighted by atomic mass is 32.1. The Morgan fingerprint density at radius 2 is 1.86 bits per heavy atom. The fraction of sp³-hybridized carbons (Fsp3) is 0.500. The van der Waals surface area contributed by atoms with Crippen molar-refractivity contribution in [2.75, 3.05) is 19.0 Å². The van der Waals surface area contributed by atoms with Crippen LogP contribution >= 0.6 is 11.3 Å². The molecule has 1 heterocycles. The molecule has 0 aliphatic carbocycles. The van der Waals surface area contributed by atoms with Gasteiger partial charge in [-0.2, -0.15) is 0 Å². The Balaban J connectivity index is 3.22. The topological polar surface area (TPSA) is 81.7 Å². The van der Waals surface area contributed by atoms with E-state index in [0.717, 1.165) is 11.3 Å². The zero-order valence-corrected chi connectivity index (χ0v) is 13.4. The molecule has 0 unspecified atom stereocenters. The molecule has 116 valence electrons. The summed E-state index contributed by atoms with van der Waals surface area (Å²) in [7, 11) is 1.26. The molecule has 7 heteroatoms. The molecule has 1 aromatic rings. The van der Waals surface area contributed by atoms with Crippen molar-refractivity contribution in [3.8, 4) is 0 Å². The molecule has 1 amide bonds. The summed E-state index contributed by atoms with van der Waals surface area (Å²) < 4.78 is 9.67. The molecule has 6 nitrogen and oxygen atoms in total. The SMILES string of the molecule is CCCC(=O)Nc1sc(C(=O)OC)c(C)c1C(=O)OCC. The number of amides is 1. The lowest BCUT2D eigenvalue weighted by Crippen LogP contribution is -2.14. The molecule has 0 fully saturated rings. The summed E-state index contributed by atoms with van der Waals surface area (Å²) in [6.07, 6.45) is 1.03. The fourth-order valence-corrected chi connectivity index (χ4v) is 2.88. The molecule has 0 radical (unpaired) electrons. The van der Waals surface area contributed by atoms with E-state index in [9.17, 15) is 14.4 Å². The summed E-state index contributed by atoms with van der Waals surface area (Å²) in [4.78, 5) is 35.8. The van der Waals surface area contributed by atoms with Gasteiger partial charge in [0.2, 0.25) is 5.91 Å². The van der Waals surface area contributed by atoms with Crippen LogP contribution in [-0.2, 0) is 14.3 Å². The third-order valence-electron chi connectivity index (χ3n) is 2.73. The zero-order chi connectivity index (χ0) is 16.0. The van der Waals surface area contributed by atoms with Gasteiger partial charge in [-0.1, -0.05) is 6.92 Å². The zero-order valence-electron chi connectivity index (χ0n) is 12.6. The number of ether oxygens (including phenoxy) is 2. The molecule has 0 bridgehead atoms. The predicted octanol–water partition coefficient (Wildman–Crippen LogP) is 2.76. The highest BCUT2D eigenvalue weighted by Gasteiger charge is 2.26. The van der Waals surface area contributed by atoms with Gasteiger partial charge in [-0.25, -0.2) is 9.59 Å². The molecule has 1 N–H and O–H groups in total. The van der Waals surface area contributed by atoms with Gasteiger partial charge in [-0.3, -0.25) is 4.79 Å². The lowest BCUT2D eigenvalue weighted by Gasteiger charge is -2.06. The van der Waals surface area contributed by atoms with Crippen LogP contribution in [0.15, 0.2) is 0 Å². The van der Waals surface area contributed by atoms with E-state index >= 15 is 0 Å². The Kier molecular flexibility index (Phi) is 6.36. The Morgan fingerprint density at radius 3 is 2.38 bits per heavy atom. The monoisotopic (exact) mass is 313 g/mol. The number of carbonyl (C=O) groups is 3. The quantitative estimate of drug-likeness (QED) is 0.817. The van der Waals surface area contributed by atoms with Crippen molar-refractivity contribution >= 4 is 34.2 Å². The standard InChI is InChI=1S/C14H19NO5S/c1-5-7-9(16)15-12-10(13(17)20-6-2)8(3)11(21-12)14(18)19-4/h5-7H2,1-4H3,(H,15,16). The van der Waals surface area contributed by atoms with Gasteiger partial charge in [0.05, 0.1) is 19.3 Å². The maximum Gasteiger partial charge on any atom is 0.348 e. The van der Waals surface area contributed by atoms with Gasteiger partial charge < -0.3 is 14.8 Å². The molecule has 21 heavy (non-hydrogen) atoms. The van der Waals surface area contributed by atoms with Crippen LogP contribution in [0, 0.1) is 6.92 Å². The van der Waals surface area contributed by atoms with Gasteiger partial charge in [0.1, 0.15) is 9.88 Å². The van der Waals surface area contributed by atoms with Crippen LogP contribution in [0.25, 0.3) is 0 Å². The summed E-state index contributed by atoms with van der Waals surface area (Å²) in [6, 6.07) is 0. The minimum absolute atomic E-state index is 0.208. The molecular weight excluding hydrogens is 294 g/mol. The highest BCUT2D eigenvalue weighted by Crippen LogP contribution is 2.34. The van der Waals surface area contributed by atoms with Gasteiger partial charge in [0.25, 0.3) is 0 Å². The average Bonchev–Trinajstić information content (AvgIpc) is 2.75. The molecule has 0 aliphatic rings. The molecular formula is C14H19NO5S. The van der Waals surface area contributed by atoms with Crippen LogP contribution in [0.1, 0.15) is 52.3 Å². The minimum Gasteiger partial charge on any atom is -0.465 e. The Morgan fingerprint density at radius 1 is 1.19 bits per heavy atom. The van der Waals surface area contributed by atoms with Gasteiger partial charge in [0.15, 0.2) is 0 Å². The number of anilines is 1. The number of thiophene rings is 1. The smallest absolute Gasteiger partial charge is 0.348 e. The second kappa shape index (κ2) is 7.78. The molecule has 1 aromatic heterocycles. The van der Waals surface area contributed by atoms with E-state index in [2.05, 4.69) is 10.1 Å². The fourth-order valence-electron chi connectivity index (χ4n) is 1.75. The lowest BCUT2D eigenvalue weighted by molar-refractivity contribution is -0.116. The first kappa shape index (κ1) is 17.2. The van der Waals surface area contributed by atoms with Crippen LogP contribution < -0.4 is 5.32 Å². The Labute approximate surface area is 127 Å². The number of carbonyl (C=O) groups excluding carboxylic acids is 3. The number of nitrogens with one attached hydrogen (secondary N) is 1. The van der Waals surface area contributed by atoms with Crippen LogP contribution in [0.2, 0.25) is 0 Å². The number of rotatable bonds is 6. The Bertz CT molecular complexity index is 550. The second-order valence-electron chi connectivity index (χ2n) is 4.27. The molecule has 0 aliphatic heterocycles. The van der Waals surface area contributed by atoms with Crippen LogP contribution in [0.3, 0.4) is 0 Å². The van der Waals surface area contributed by atoms with Crippen molar-refractivity contribution in [2.24, 2.45) is 0 Å². The summed E-state index contributed by atoms with van der Waals surface area (Å²) >= 11 is 1.02. The largest absolute Gasteiger partial charge is 0.465 e. The number of hydrogen-bond donors (Lipinski definition) is 1. The first-order chi connectivity index (χ1) is 9.96. The molecule has 0 atom stereocenters. The third-order valence-corrected chi connectivity index (χ3v) is 3.91. The van der Waals surface area contributed by atoms with Crippen molar-refractivity contribution in [1.29, 1.82) is 0 Å². The summed E-state index contributed by atoms with van der Waals surface area (Å²) in [5.74, 6) is -1.31. The van der Waals surface area contributed by atoms with Gasteiger partial charge in [-0.05, 0) is 25.8 Å². The lowest BCUT2D eigenvalue weighted by atomic mass is 10.1. The summed E-state index contributed by atoms with van der Waals surface area (Å²) in [6.45, 7) is 5.41. The highest BCUT2D eigenvalue weighted by molar-refractivity contribution is 7.18. The second-order valence-corrected chi connectivity index (χ2v) is 5.29. The van der Waals surface area contributed by atoms with E-state index in [0.29, 0.717) is 23.4 Å². The van der Waals surface area contributed by atoms with Crippen LogP contribution in [0.4, 0.5) is 5.00 Å². The summed E-state index contributed by atoms with van der Waals surface area (Å²) in [5, 5.41) is 2.99. The van der Waals surface area contributed by atoms with Gasteiger partial charge >= 0.3 is 11.9 Å². The summed E-state index contributed by atoms with van der Waals surface area (Å²) in [5.41, 5.74) is 0.670. The van der Waals surface area contributed by atoms with E-state index in [4.69, 9.17) is 4.74 Å². The molecule has 0 saturated heterocycles. The van der Waals surface area contributed by atoms with Crippen molar-refractivity contribution in [3.05, 3.63) is 16.0 Å². The van der Waals surface area contributed by atoms with Crippen molar-refractivity contribution in [2.45, 2.75) is 33.6 Å². The van der Waals surface area contributed by atoms with Crippen LogP contribution in [-0.4, -0.2) is 31.6 Å². The minimum atomic E-state index is -0.562. The van der Waals surface area contributed by atoms with E-state index in [1.807, 2.05) is 6.92 Å². The molecule has 0 saturated carbocycles. The number of methoxy groups -OCH3 is 1. The first-order valence-electron chi connectivity index (χ1n) is 6.64. The van der Waals surface area contributed by atoms with E-state index < -0.39 is 11.9 Å². The molecule has 0 aromatic carbocycles. The van der Waals surface area contributed by atoms with E-state index in [-0.39, 0.29) is 23.0 Å². The van der Waals surface area contributed by atoms with Crippen molar-refractivity contribution in [1.82, 2.24) is 0 Å². The van der Waals surface area contributed by atoms with Crippen molar-refractivity contribution in [3.63, 3.8) is 0 Å². The van der Waals surface area contributed by atoms with Crippen LogP contribution in [0.5, 0.6) is 0 Å². The van der Waals surface area contributed by atoms with E-state index in [1.54, 1.807) is 13.8 Å². The third kappa shape index (κ3) is 4.04. The van der Waals surface area contributed by atoms with Crippen molar-refractivity contribution < 1.29 is 23.9 Å². The predicted molar refractivity (Wildman–Crippen MR) is 79.9 cm³/mol. The maximum absolute atomic E-state index is 12.0. The van der Waals surface area contributed by atoms with Gasteiger partial charge in [-0.15, -0.1) is 11.3 Å². The van der Waals surface area contributed by atoms with Gasteiger partial charge in [0, 0.05) is 6.42 Å². The molecule has 0 spiro atoms. The average molecular weight is 313 g/mol. The van der Waals surface area contributed by atoms with E-state index in [1.165, 1.54) is 7.11 Å². The number of hydrogen-bond acceptors (Lipinski definition) is 6.